The van der Waals surface area contributed by atoms with E-state index in [1.165, 1.54) is 0 Å². The SMILES string of the molecule is COc1cc(CCC(=O)NC(C)c2ccccn2)cc(OC)c1OC. The molecule has 0 spiro atoms. The first-order valence-corrected chi connectivity index (χ1v) is 8.08. The summed E-state index contributed by atoms with van der Waals surface area (Å²) in [7, 11) is 4.71. The van der Waals surface area contributed by atoms with Gasteiger partial charge in [-0.3, -0.25) is 9.78 Å². The third kappa shape index (κ3) is 4.86. The second-order valence-electron chi connectivity index (χ2n) is 5.58. The zero-order valence-electron chi connectivity index (χ0n) is 15.0. The predicted molar refractivity (Wildman–Crippen MR) is 95.2 cm³/mol. The van der Waals surface area contributed by atoms with E-state index in [2.05, 4.69) is 10.3 Å². The summed E-state index contributed by atoms with van der Waals surface area (Å²) < 4.78 is 16.0. The van der Waals surface area contributed by atoms with Crippen LogP contribution in [0.15, 0.2) is 36.5 Å². The number of aromatic nitrogens is 1. The average molecular weight is 344 g/mol. The summed E-state index contributed by atoms with van der Waals surface area (Å²) in [5, 5.41) is 2.96. The van der Waals surface area contributed by atoms with Crippen molar-refractivity contribution in [3.05, 3.63) is 47.8 Å². The number of amides is 1. The van der Waals surface area contributed by atoms with Gasteiger partial charge in [-0.2, -0.15) is 0 Å². The zero-order chi connectivity index (χ0) is 18.2. The number of hydrogen-bond acceptors (Lipinski definition) is 5. The molecule has 2 rings (SSSR count). The van der Waals surface area contributed by atoms with Crippen LogP contribution in [-0.4, -0.2) is 32.2 Å². The molecule has 0 saturated carbocycles. The maximum Gasteiger partial charge on any atom is 0.220 e. The van der Waals surface area contributed by atoms with E-state index in [0.29, 0.717) is 30.1 Å². The number of nitrogens with one attached hydrogen (secondary N) is 1. The Balaban J connectivity index is 1.99. The molecule has 1 aromatic heterocycles. The third-order valence-electron chi connectivity index (χ3n) is 3.87. The number of nitrogens with zero attached hydrogens (tertiary/aromatic N) is 1. The van der Waals surface area contributed by atoms with Crippen molar-refractivity contribution >= 4 is 5.91 Å². The van der Waals surface area contributed by atoms with Crippen molar-refractivity contribution in [3.63, 3.8) is 0 Å². The van der Waals surface area contributed by atoms with Crippen LogP contribution in [-0.2, 0) is 11.2 Å². The smallest absolute Gasteiger partial charge is 0.220 e. The summed E-state index contributed by atoms with van der Waals surface area (Å²) in [6.07, 6.45) is 2.64. The highest BCUT2D eigenvalue weighted by Gasteiger charge is 2.15. The van der Waals surface area contributed by atoms with Crippen molar-refractivity contribution in [2.24, 2.45) is 0 Å². The van der Waals surface area contributed by atoms with Crippen LogP contribution in [0.25, 0.3) is 0 Å². The standard InChI is InChI=1S/C19H24N2O4/c1-13(15-7-5-6-10-20-15)21-18(22)9-8-14-11-16(23-2)19(25-4)17(12-14)24-3/h5-7,10-13H,8-9H2,1-4H3,(H,21,22). The van der Waals surface area contributed by atoms with Crippen LogP contribution in [0, 0.1) is 0 Å². The van der Waals surface area contributed by atoms with Crippen LogP contribution in [0.5, 0.6) is 17.2 Å². The highest BCUT2D eigenvalue weighted by Crippen LogP contribution is 2.38. The fourth-order valence-electron chi connectivity index (χ4n) is 2.56. The lowest BCUT2D eigenvalue weighted by Crippen LogP contribution is -2.27. The monoisotopic (exact) mass is 344 g/mol. The Morgan fingerprint density at radius 1 is 1.12 bits per heavy atom. The summed E-state index contributed by atoms with van der Waals surface area (Å²) in [6, 6.07) is 9.23. The van der Waals surface area contributed by atoms with Gasteiger partial charge < -0.3 is 19.5 Å². The minimum Gasteiger partial charge on any atom is -0.493 e. The molecule has 134 valence electrons. The molecule has 1 amide bonds. The fraction of sp³-hybridized carbons (Fsp3) is 0.368. The fourth-order valence-corrected chi connectivity index (χ4v) is 2.56. The summed E-state index contributed by atoms with van der Waals surface area (Å²) in [4.78, 5) is 16.5. The Kier molecular flexibility index (Phi) is 6.62. The lowest BCUT2D eigenvalue weighted by molar-refractivity contribution is -0.121. The van der Waals surface area contributed by atoms with Crippen LogP contribution in [0.2, 0.25) is 0 Å². The summed E-state index contributed by atoms with van der Waals surface area (Å²) >= 11 is 0. The van der Waals surface area contributed by atoms with Gasteiger partial charge >= 0.3 is 0 Å². The lowest BCUT2D eigenvalue weighted by Gasteiger charge is -2.15. The van der Waals surface area contributed by atoms with Gasteiger partial charge in [0.25, 0.3) is 0 Å². The van der Waals surface area contributed by atoms with Crippen molar-refractivity contribution < 1.29 is 19.0 Å². The molecule has 2 aromatic rings. The first-order valence-electron chi connectivity index (χ1n) is 8.08. The van der Waals surface area contributed by atoms with Crippen LogP contribution in [0.1, 0.15) is 30.6 Å². The highest BCUT2D eigenvalue weighted by atomic mass is 16.5. The minimum absolute atomic E-state index is 0.0353. The van der Waals surface area contributed by atoms with E-state index in [1.54, 1.807) is 27.5 Å². The average Bonchev–Trinajstić information content (AvgIpc) is 2.65. The Morgan fingerprint density at radius 2 is 1.80 bits per heavy atom. The number of rotatable bonds is 8. The van der Waals surface area contributed by atoms with E-state index in [9.17, 15) is 4.79 Å². The van der Waals surface area contributed by atoms with Crippen molar-refractivity contribution in [1.82, 2.24) is 10.3 Å². The molecule has 0 fully saturated rings. The Hall–Kier alpha value is -2.76. The molecule has 0 aliphatic heterocycles. The van der Waals surface area contributed by atoms with Crippen LogP contribution in [0.3, 0.4) is 0 Å². The summed E-state index contributed by atoms with van der Waals surface area (Å²) in [6.45, 7) is 1.92. The van der Waals surface area contributed by atoms with Crippen molar-refractivity contribution in [2.75, 3.05) is 21.3 Å². The molecule has 1 heterocycles. The minimum atomic E-state index is -0.131. The van der Waals surface area contributed by atoms with Gasteiger partial charge in [0.15, 0.2) is 11.5 Å². The quantitative estimate of drug-likeness (QED) is 0.797. The number of benzene rings is 1. The molecule has 0 aliphatic carbocycles. The largest absolute Gasteiger partial charge is 0.493 e. The number of carbonyl (C=O) groups is 1. The normalized spacial score (nSPS) is 11.5. The lowest BCUT2D eigenvalue weighted by atomic mass is 10.1. The molecule has 1 aromatic carbocycles. The van der Waals surface area contributed by atoms with E-state index in [1.807, 2.05) is 37.3 Å². The number of ether oxygens (including phenoxy) is 3. The third-order valence-corrected chi connectivity index (χ3v) is 3.87. The predicted octanol–water partition coefficient (Wildman–Crippen LogP) is 2.92. The highest BCUT2D eigenvalue weighted by molar-refractivity contribution is 5.76. The van der Waals surface area contributed by atoms with E-state index in [0.717, 1.165) is 11.3 Å². The molecule has 6 nitrogen and oxygen atoms in total. The number of aryl methyl sites for hydroxylation is 1. The molecule has 0 aliphatic rings. The topological polar surface area (TPSA) is 69.7 Å². The van der Waals surface area contributed by atoms with Crippen molar-refractivity contribution in [3.8, 4) is 17.2 Å². The van der Waals surface area contributed by atoms with Gasteiger partial charge in [0.2, 0.25) is 11.7 Å². The molecule has 25 heavy (non-hydrogen) atoms. The van der Waals surface area contributed by atoms with Gasteiger partial charge in [-0.25, -0.2) is 0 Å². The second kappa shape index (κ2) is 8.92. The molecular weight excluding hydrogens is 320 g/mol. The van der Waals surface area contributed by atoms with E-state index in [4.69, 9.17) is 14.2 Å². The van der Waals surface area contributed by atoms with E-state index in [-0.39, 0.29) is 11.9 Å². The first kappa shape index (κ1) is 18.6. The van der Waals surface area contributed by atoms with Gasteiger partial charge in [-0.05, 0) is 43.2 Å². The molecule has 1 unspecified atom stereocenters. The van der Waals surface area contributed by atoms with Gasteiger partial charge in [-0.1, -0.05) is 6.07 Å². The molecular formula is C19H24N2O4. The molecule has 6 heteroatoms. The molecule has 1 N–H and O–H groups in total. The van der Waals surface area contributed by atoms with E-state index >= 15 is 0 Å². The van der Waals surface area contributed by atoms with Crippen LogP contribution >= 0.6 is 0 Å². The first-order chi connectivity index (χ1) is 12.1. The maximum atomic E-state index is 12.2. The Labute approximate surface area is 148 Å². The summed E-state index contributed by atoms with van der Waals surface area (Å²) in [5.74, 6) is 1.67. The van der Waals surface area contributed by atoms with Gasteiger partial charge in [0, 0.05) is 12.6 Å². The zero-order valence-corrected chi connectivity index (χ0v) is 15.0. The maximum absolute atomic E-state index is 12.2. The Morgan fingerprint density at radius 3 is 2.32 bits per heavy atom. The Bertz CT molecular complexity index is 679. The van der Waals surface area contributed by atoms with Gasteiger partial charge in [0.05, 0.1) is 33.1 Å². The van der Waals surface area contributed by atoms with Crippen LogP contribution < -0.4 is 19.5 Å². The molecule has 0 bridgehead atoms. The number of carbonyl (C=O) groups excluding carboxylic acids is 1. The molecule has 1 atom stereocenters. The van der Waals surface area contributed by atoms with E-state index < -0.39 is 0 Å². The van der Waals surface area contributed by atoms with Gasteiger partial charge in [-0.15, -0.1) is 0 Å². The summed E-state index contributed by atoms with van der Waals surface area (Å²) in [5.41, 5.74) is 1.78. The number of methoxy groups -OCH3 is 3. The number of hydrogen-bond donors (Lipinski definition) is 1. The second-order valence-corrected chi connectivity index (χ2v) is 5.58. The van der Waals surface area contributed by atoms with Crippen LogP contribution in [0.4, 0.5) is 0 Å². The molecule has 0 saturated heterocycles. The van der Waals surface area contributed by atoms with Crippen molar-refractivity contribution in [1.29, 1.82) is 0 Å². The molecule has 0 radical (unpaired) electrons. The van der Waals surface area contributed by atoms with Crippen molar-refractivity contribution in [2.45, 2.75) is 25.8 Å². The number of pyridine rings is 1. The van der Waals surface area contributed by atoms with Gasteiger partial charge in [0.1, 0.15) is 0 Å².